The van der Waals surface area contributed by atoms with Gasteiger partial charge in [0.25, 0.3) is 0 Å². The zero-order valence-corrected chi connectivity index (χ0v) is 11.3. The lowest BCUT2D eigenvalue weighted by Gasteiger charge is -2.35. The van der Waals surface area contributed by atoms with Gasteiger partial charge in [-0.2, -0.15) is 0 Å². The number of rotatable bonds is 4. The van der Waals surface area contributed by atoms with E-state index in [1.165, 1.54) is 0 Å². The summed E-state index contributed by atoms with van der Waals surface area (Å²) in [6.45, 7) is 3.75. The molecule has 0 saturated carbocycles. The minimum absolute atomic E-state index is 0.664. The molecule has 2 atom stereocenters. The van der Waals surface area contributed by atoms with Gasteiger partial charge in [-0.05, 0) is 11.1 Å². The van der Waals surface area contributed by atoms with Gasteiger partial charge in [-0.25, -0.2) is 0 Å². The highest BCUT2D eigenvalue weighted by Crippen LogP contribution is 2.43. The third-order valence-corrected chi connectivity index (χ3v) is 3.64. The Labute approximate surface area is 114 Å². The molecular weight excluding hydrogens is 236 g/mol. The predicted octanol–water partition coefficient (Wildman–Crippen LogP) is 3.48. The van der Waals surface area contributed by atoms with Crippen molar-refractivity contribution in [3.8, 4) is 0 Å². The van der Waals surface area contributed by atoms with Gasteiger partial charge >= 0.3 is 0 Å². The number of hydrogen-bond acceptors (Lipinski definition) is 2. The number of aliphatic hydroxyl groups excluding tert-OH is 2. The van der Waals surface area contributed by atoms with E-state index in [2.05, 4.69) is 0 Å². The van der Waals surface area contributed by atoms with Crippen molar-refractivity contribution in [3.63, 3.8) is 0 Å². The smallest absolute Gasteiger partial charge is 0.0869 e. The van der Waals surface area contributed by atoms with Gasteiger partial charge in [0, 0.05) is 5.41 Å². The van der Waals surface area contributed by atoms with E-state index in [4.69, 9.17) is 0 Å². The van der Waals surface area contributed by atoms with E-state index in [-0.39, 0.29) is 0 Å². The molecule has 2 aromatic carbocycles. The number of aliphatic hydroxyl groups is 2. The standard InChI is InChI=1S/C17H20O2/c1-17(2,15(18)13-9-5-3-6-10-13)16(19)14-11-7-4-8-12-14/h3-12,15-16,18-19H,1-2H3/t15-,16-/m1/s1. The molecular formula is C17H20O2. The first kappa shape index (κ1) is 13.8. The molecule has 100 valence electrons. The molecule has 0 spiro atoms. The fraction of sp³-hybridized carbons (Fsp3) is 0.294. The van der Waals surface area contributed by atoms with Crippen molar-refractivity contribution in [2.24, 2.45) is 5.41 Å². The van der Waals surface area contributed by atoms with Crippen LogP contribution in [0.3, 0.4) is 0 Å². The maximum absolute atomic E-state index is 10.5. The fourth-order valence-corrected chi connectivity index (χ4v) is 2.28. The van der Waals surface area contributed by atoms with Gasteiger partial charge in [-0.3, -0.25) is 0 Å². The predicted molar refractivity (Wildman–Crippen MR) is 76.6 cm³/mol. The lowest BCUT2D eigenvalue weighted by atomic mass is 9.75. The fourth-order valence-electron chi connectivity index (χ4n) is 2.28. The SMILES string of the molecule is CC(C)([C@H](O)c1ccccc1)[C@H](O)c1ccccc1. The summed E-state index contributed by atoms with van der Waals surface area (Å²) in [4.78, 5) is 0. The highest BCUT2D eigenvalue weighted by atomic mass is 16.3. The monoisotopic (exact) mass is 256 g/mol. The molecule has 0 aromatic heterocycles. The summed E-state index contributed by atoms with van der Waals surface area (Å²) in [5, 5.41) is 21.0. The molecule has 0 radical (unpaired) electrons. The van der Waals surface area contributed by atoms with E-state index < -0.39 is 17.6 Å². The van der Waals surface area contributed by atoms with Gasteiger partial charge in [0.05, 0.1) is 12.2 Å². The molecule has 0 amide bonds. The molecule has 0 aliphatic carbocycles. The highest BCUT2D eigenvalue weighted by molar-refractivity contribution is 5.24. The average molecular weight is 256 g/mol. The van der Waals surface area contributed by atoms with Crippen molar-refractivity contribution in [1.82, 2.24) is 0 Å². The van der Waals surface area contributed by atoms with Crippen LogP contribution >= 0.6 is 0 Å². The van der Waals surface area contributed by atoms with Crippen molar-refractivity contribution >= 4 is 0 Å². The van der Waals surface area contributed by atoms with Crippen LogP contribution in [0.5, 0.6) is 0 Å². The normalized spacial score (nSPS) is 14.9. The first-order valence-corrected chi connectivity index (χ1v) is 6.49. The Balaban J connectivity index is 2.27. The molecule has 2 heteroatoms. The molecule has 0 saturated heterocycles. The largest absolute Gasteiger partial charge is 0.388 e. The van der Waals surface area contributed by atoms with Crippen LogP contribution in [0.2, 0.25) is 0 Å². The topological polar surface area (TPSA) is 40.5 Å². The van der Waals surface area contributed by atoms with Gasteiger partial charge in [0.2, 0.25) is 0 Å². The van der Waals surface area contributed by atoms with Crippen LogP contribution in [0.15, 0.2) is 60.7 Å². The van der Waals surface area contributed by atoms with Gasteiger partial charge in [0.15, 0.2) is 0 Å². The Bertz CT molecular complexity index is 458. The van der Waals surface area contributed by atoms with Crippen LogP contribution < -0.4 is 0 Å². The summed E-state index contributed by atoms with van der Waals surface area (Å²) in [6.07, 6.45) is -1.44. The molecule has 0 bridgehead atoms. The summed E-state index contributed by atoms with van der Waals surface area (Å²) in [5.41, 5.74) is 0.980. The molecule has 0 unspecified atom stereocenters. The molecule has 0 fully saturated rings. The van der Waals surface area contributed by atoms with Crippen LogP contribution in [0.25, 0.3) is 0 Å². The summed E-state index contributed by atoms with van der Waals surface area (Å²) >= 11 is 0. The van der Waals surface area contributed by atoms with Crippen molar-refractivity contribution in [3.05, 3.63) is 71.8 Å². The third-order valence-electron chi connectivity index (χ3n) is 3.64. The Morgan fingerprint density at radius 1 is 0.684 bits per heavy atom. The molecule has 2 rings (SSSR count). The minimum atomic E-state index is -0.719. The lowest BCUT2D eigenvalue weighted by Crippen LogP contribution is -2.29. The number of benzene rings is 2. The second kappa shape index (κ2) is 5.55. The van der Waals surface area contributed by atoms with E-state index in [1.807, 2.05) is 74.5 Å². The first-order chi connectivity index (χ1) is 9.03. The van der Waals surface area contributed by atoms with E-state index in [9.17, 15) is 10.2 Å². The summed E-state index contributed by atoms with van der Waals surface area (Å²) < 4.78 is 0. The summed E-state index contributed by atoms with van der Waals surface area (Å²) in [7, 11) is 0. The van der Waals surface area contributed by atoms with Gasteiger partial charge in [-0.1, -0.05) is 74.5 Å². The lowest BCUT2D eigenvalue weighted by molar-refractivity contribution is -0.0512. The Morgan fingerprint density at radius 3 is 1.32 bits per heavy atom. The average Bonchev–Trinajstić information content (AvgIpc) is 2.47. The minimum Gasteiger partial charge on any atom is -0.388 e. The van der Waals surface area contributed by atoms with Crippen molar-refractivity contribution in [2.75, 3.05) is 0 Å². The quantitative estimate of drug-likeness (QED) is 0.879. The third kappa shape index (κ3) is 2.86. The second-order valence-corrected chi connectivity index (χ2v) is 5.45. The molecule has 0 heterocycles. The van der Waals surface area contributed by atoms with Crippen LogP contribution in [0.4, 0.5) is 0 Å². The highest BCUT2D eigenvalue weighted by Gasteiger charge is 2.37. The molecule has 2 aromatic rings. The Hall–Kier alpha value is -1.64. The van der Waals surface area contributed by atoms with E-state index in [0.717, 1.165) is 11.1 Å². The second-order valence-electron chi connectivity index (χ2n) is 5.45. The molecule has 2 nitrogen and oxygen atoms in total. The zero-order valence-electron chi connectivity index (χ0n) is 11.3. The van der Waals surface area contributed by atoms with Crippen molar-refractivity contribution < 1.29 is 10.2 Å². The van der Waals surface area contributed by atoms with Gasteiger partial charge in [0.1, 0.15) is 0 Å². The maximum Gasteiger partial charge on any atom is 0.0869 e. The van der Waals surface area contributed by atoms with Crippen molar-refractivity contribution in [2.45, 2.75) is 26.1 Å². The van der Waals surface area contributed by atoms with Gasteiger partial charge < -0.3 is 10.2 Å². The molecule has 0 aliphatic rings. The molecule has 0 aliphatic heterocycles. The first-order valence-electron chi connectivity index (χ1n) is 6.49. The van der Waals surface area contributed by atoms with Crippen LogP contribution in [-0.2, 0) is 0 Å². The zero-order chi connectivity index (χ0) is 13.9. The van der Waals surface area contributed by atoms with Crippen LogP contribution in [0, 0.1) is 5.41 Å². The summed E-state index contributed by atoms with van der Waals surface area (Å²) in [6, 6.07) is 18.9. The van der Waals surface area contributed by atoms with Crippen molar-refractivity contribution in [1.29, 1.82) is 0 Å². The Kier molecular flexibility index (Phi) is 4.03. The maximum atomic E-state index is 10.5. The molecule has 19 heavy (non-hydrogen) atoms. The molecule has 2 N–H and O–H groups in total. The van der Waals surface area contributed by atoms with Gasteiger partial charge in [-0.15, -0.1) is 0 Å². The van der Waals surface area contributed by atoms with E-state index in [0.29, 0.717) is 0 Å². The van der Waals surface area contributed by atoms with Crippen LogP contribution in [0.1, 0.15) is 37.2 Å². The van der Waals surface area contributed by atoms with E-state index >= 15 is 0 Å². The van der Waals surface area contributed by atoms with E-state index in [1.54, 1.807) is 0 Å². The Morgan fingerprint density at radius 2 is 1.00 bits per heavy atom. The number of hydrogen-bond donors (Lipinski definition) is 2. The summed E-state index contributed by atoms with van der Waals surface area (Å²) in [5.74, 6) is 0. The van der Waals surface area contributed by atoms with Crippen LogP contribution in [-0.4, -0.2) is 10.2 Å².